The molecule has 1 aromatic heterocycles. The van der Waals surface area contributed by atoms with Crippen LogP contribution in [0.2, 0.25) is 0 Å². The van der Waals surface area contributed by atoms with Gasteiger partial charge in [0.05, 0.1) is 16.4 Å². The molecule has 1 aliphatic carbocycles. The average Bonchev–Trinajstić information content (AvgIpc) is 2.71. The summed E-state index contributed by atoms with van der Waals surface area (Å²) >= 11 is 3.65. The van der Waals surface area contributed by atoms with E-state index < -0.39 is 0 Å². The Morgan fingerprint density at radius 3 is 2.82 bits per heavy atom. The Kier molecular flexibility index (Phi) is 4.26. The van der Waals surface area contributed by atoms with Gasteiger partial charge in [-0.1, -0.05) is 12.8 Å². The van der Waals surface area contributed by atoms with Gasteiger partial charge in [-0.3, -0.25) is 4.68 Å². The lowest BCUT2D eigenvalue weighted by Gasteiger charge is -2.32. The van der Waals surface area contributed by atoms with Gasteiger partial charge in [-0.2, -0.15) is 5.10 Å². The highest BCUT2D eigenvalue weighted by Crippen LogP contribution is 2.40. The molecule has 3 nitrogen and oxygen atoms in total. The Bertz CT molecular complexity index is 373. The van der Waals surface area contributed by atoms with E-state index in [1.165, 1.54) is 31.4 Å². The van der Waals surface area contributed by atoms with Crippen LogP contribution in [-0.4, -0.2) is 16.3 Å². The van der Waals surface area contributed by atoms with Crippen molar-refractivity contribution in [3.8, 4) is 0 Å². The van der Waals surface area contributed by atoms with E-state index in [9.17, 15) is 0 Å². The van der Waals surface area contributed by atoms with Gasteiger partial charge in [0, 0.05) is 12.0 Å². The molecule has 0 spiro atoms. The zero-order chi connectivity index (χ0) is 12.4. The van der Waals surface area contributed by atoms with Crippen molar-refractivity contribution in [2.24, 2.45) is 11.7 Å². The fraction of sp³-hybridized carbons (Fsp3) is 0.769. The second kappa shape index (κ2) is 5.53. The Balaban J connectivity index is 2.33. The minimum Gasteiger partial charge on any atom is -0.330 e. The molecule has 2 unspecified atom stereocenters. The second-order valence-electron chi connectivity index (χ2n) is 5.30. The number of hydrogen-bond donors (Lipinski definition) is 1. The number of halogens is 1. The van der Waals surface area contributed by atoms with E-state index in [0.29, 0.717) is 17.9 Å². The molecule has 1 saturated carbocycles. The maximum absolute atomic E-state index is 5.93. The van der Waals surface area contributed by atoms with Crippen LogP contribution in [0.25, 0.3) is 0 Å². The van der Waals surface area contributed by atoms with Crippen LogP contribution < -0.4 is 5.73 Å². The highest BCUT2D eigenvalue weighted by molar-refractivity contribution is 9.10. The Morgan fingerprint density at radius 1 is 1.47 bits per heavy atom. The third-order valence-electron chi connectivity index (χ3n) is 3.84. The minimum atomic E-state index is 0.414. The molecule has 0 aliphatic heterocycles. The highest BCUT2D eigenvalue weighted by atomic mass is 79.9. The van der Waals surface area contributed by atoms with Gasteiger partial charge in [-0.05, 0) is 55.1 Å². The molecule has 1 fully saturated rings. The van der Waals surface area contributed by atoms with Crippen LogP contribution in [-0.2, 0) is 0 Å². The Hall–Kier alpha value is -0.350. The average molecular weight is 300 g/mol. The van der Waals surface area contributed by atoms with E-state index in [4.69, 9.17) is 5.73 Å². The maximum Gasteiger partial charge on any atom is 0.0635 e. The van der Waals surface area contributed by atoms with Crippen molar-refractivity contribution in [3.05, 3.63) is 16.4 Å². The molecule has 2 N–H and O–H groups in total. The van der Waals surface area contributed by atoms with Crippen LogP contribution in [0.5, 0.6) is 0 Å². The summed E-state index contributed by atoms with van der Waals surface area (Å²) in [6, 6.07) is 0.414. The zero-order valence-electron chi connectivity index (χ0n) is 10.7. The molecule has 1 aromatic rings. The third-order valence-corrected chi connectivity index (χ3v) is 4.45. The van der Waals surface area contributed by atoms with Gasteiger partial charge >= 0.3 is 0 Å². The van der Waals surface area contributed by atoms with Crippen molar-refractivity contribution in [1.82, 2.24) is 9.78 Å². The highest BCUT2D eigenvalue weighted by Gasteiger charge is 2.30. The lowest BCUT2D eigenvalue weighted by atomic mass is 9.77. The van der Waals surface area contributed by atoms with Gasteiger partial charge in [-0.25, -0.2) is 0 Å². The quantitative estimate of drug-likeness (QED) is 0.929. The fourth-order valence-corrected chi connectivity index (χ4v) is 3.53. The molecular formula is C13H22BrN3. The van der Waals surface area contributed by atoms with Gasteiger partial charge in [0.25, 0.3) is 0 Å². The maximum atomic E-state index is 5.93. The summed E-state index contributed by atoms with van der Waals surface area (Å²) in [6.07, 6.45) is 7.08. The summed E-state index contributed by atoms with van der Waals surface area (Å²) in [5, 5.41) is 4.49. The number of nitrogens with two attached hydrogens (primary N) is 1. The molecular weight excluding hydrogens is 278 g/mol. The van der Waals surface area contributed by atoms with Gasteiger partial charge in [0.2, 0.25) is 0 Å². The van der Waals surface area contributed by atoms with Gasteiger partial charge < -0.3 is 5.73 Å². The summed E-state index contributed by atoms with van der Waals surface area (Å²) in [7, 11) is 0. The Morgan fingerprint density at radius 2 is 2.18 bits per heavy atom. The summed E-state index contributed by atoms with van der Waals surface area (Å²) < 4.78 is 3.31. The predicted octanol–water partition coefficient (Wildman–Crippen LogP) is 3.46. The van der Waals surface area contributed by atoms with E-state index in [1.807, 2.05) is 6.20 Å². The summed E-state index contributed by atoms with van der Waals surface area (Å²) in [6.45, 7) is 5.16. The molecule has 0 bridgehead atoms. The topological polar surface area (TPSA) is 43.8 Å². The van der Waals surface area contributed by atoms with E-state index in [2.05, 4.69) is 39.6 Å². The lowest BCUT2D eigenvalue weighted by Crippen LogP contribution is -2.27. The standard InChI is InChI=1S/C13H22BrN3/c1-9(2)17-13(12(14)8-16-17)11-6-4-3-5-10(11)7-15/h8-11H,3-7,15H2,1-2H3. The van der Waals surface area contributed by atoms with Crippen LogP contribution in [0.4, 0.5) is 0 Å². The first kappa shape index (κ1) is 13.1. The molecule has 96 valence electrons. The van der Waals surface area contributed by atoms with Gasteiger partial charge in [0.15, 0.2) is 0 Å². The zero-order valence-corrected chi connectivity index (χ0v) is 12.3. The van der Waals surface area contributed by atoms with E-state index in [0.717, 1.165) is 11.0 Å². The molecule has 4 heteroatoms. The van der Waals surface area contributed by atoms with Gasteiger partial charge in [-0.15, -0.1) is 0 Å². The second-order valence-corrected chi connectivity index (χ2v) is 6.16. The number of nitrogens with zero attached hydrogens (tertiary/aromatic N) is 2. The number of aromatic nitrogens is 2. The number of rotatable bonds is 3. The molecule has 1 aliphatic rings. The molecule has 0 amide bonds. The monoisotopic (exact) mass is 299 g/mol. The van der Waals surface area contributed by atoms with Crippen LogP contribution in [0.1, 0.15) is 57.2 Å². The van der Waals surface area contributed by atoms with Gasteiger partial charge in [0.1, 0.15) is 0 Å². The minimum absolute atomic E-state index is 0.414. The van der Waals surface area contributed by atoms with E-state index in [1.54, 1.807) is 0 Å². The molecule has 0 radical (unpaired) electrons. The molecule has 0 aromatic carbocycles. The third kappa shape index (κ3) is 2.58. The smallest absolute Gasteiger partial charge is 0.0635 e. The normalized spacial score (nSPS) is 25.5. The van der Waals surface area contributed by atoms with Crippen molar-refractivity contribution in [2.45, 2.75) is 51.5 Å². The molecule has 17 heavy (non-hydrogen) atoms. The molecule has 2 rings (SSSR count). The van der Waals surface area contributed by atoms with Crippen LogP contribution in [0, 0.1) is 5.92 Å². The van der Waals surface area contributed by atoms with Crippen LogP contribution in [0.15, 0.2) is 10.7 Å². The Labute approximate surface area is 112 Å². The first-order valence-electron chi connectivity index (χ1n) is 6.58. The van der Waals surface area contributed by atoms with Crippen molar-refractivity contribution in [2.75, 3.05) is 6.54 Å². The summed E-state index contributed by atoms with van der Waals surface area (Å²) in [4.78, 5) is 0. The molecule has 0 saturated heterocycles. The first-order valence-corrected chi connectivity index (χ1v) is 7.37. The predicted molar refractivity (Wildman–Crippen MR) is 74.1 cm³/mol. The summed E-state index contributed by atoms with van der Waals surface area (Å²) in [5.41, 5.74) is 7.29. The van der Waals surface area contributed by atoms with Crippen molar-refractivity contribution >= 4 is 15.9 Å². The molecule has 2 atom stereocenters. The first-order chi connectivity index (χ1) is 8.15. The van der Waals surface area contributed by atoms with Crippen LogP contribution in [0.3, 0.4) is 0 Å². The SMILES string of the molecule is CC(C)n1ncc(Br)c1C1CCCCC1CN. The largest absolute Gasteiger partial charge is 0.330 e. The number of hydrogen-bond acceptors (Lipinski definition) is 2. The van der Waals surface area contributed by atoms with Crippen molar-refractivity contribution in [1.29, 1.82) is 0 Å². The van der Waals surface area contributed by atoms with Crippen molar-refractivity contribution in [3.63, 3.8) is 0 Å². The van der Waals surface area contributed by atoms with Crippen molar-refractivity contribution < 1.29 is 0 Å². The van der Waals surface area contributed by atoms with Crippen LogP contribution >= 0.6 is 15.9 Å². The lowest BCUT2D eigenvalue weighted by molar-refractivity contribution is 0.295. The summed E-state index contributed by atoms with van der Waals surface area (Å²) in [5.74, 6) is 1.20. The molecule has 1 heterocycles. The fourth-order valence-electron chi connectivity index (χ4n) is 2.96. The van der Waals surface area contributed by atoms with E-state index >= 15 is 0 Å². The van der Waals surface area contributed by atoms with E-state index in [-0.39, 0.29) is 0 Å².